The zero-order chi connectivity index (χ0) is 22.2. The van der Waals surface area contributed by atoms with Crippen LogP contribution in [0.1, 0.15) is 35.7 Å². The predicted molar refractivity (Wildman–Crippen MR) is 121 cm³/mol. The minimum atomic E-state index is -0.0544. The SMILES string of the molecule is COc1ccc(C(=O)N2CC=C(c3cc(NC(=O)C4CC4)nc4[nH]ccc34)C(C)C2)cn1. The number of rotatable bonds is 5. The van der Waals surface area contributed by atoms with Crippen LogP contribution in [0.2, 0.25) is 0 Å². The number of nitrogens with one attached hydrogen (secondary N) is 2. The fourth-order valence-electron chi connectivity index (χ4n) is 4.18. The number of aromatic nitrogens is 3. The summed E-state index contributed by atoms with van der Waals surface area (Å²) in [5.74, 6) is 1.24. The van der Waals surface area contributed by atoms with E-state index in [1.165, 1.54) is 0 Å². The first-order valence-electron chi connectivity index (χ1n) is 10.8. The molecule has 1 aliphatic carbocycles. The van der Waals surface area contributed by atoms with Crippen molar-refractivity contribution in [2.75, 3.05) is 25.5 Å². The lowest BCUT2D eigenvalue weighted by atomic mass is 9.89. The number of pyridine rings is 2. The Labute approximate surface area is 185 Å². The topological polar surface area (TPSA) is 100 Å². The maximum atomic E-state index is 13.0. The van der Waals surface area contributed by atoms with Gasteiger partial charge in [-0.2, -0.15) is 0 Å². The fraction of sp³-hybridized carbons (Fsp3) is 0.333. The molecular formula is C24H25N5O3. The molecule has 3 aromatic rings. The number of amides is 2. The van der Waals surface area contributed by atoms with E-state index in [2.05, 4.69) is 33.3 Å². The highest BCUT2D eigenvalue weighted by Crippen LogP contribution is 2.35. The van der Waals surface area contributed by atoms with Gasteiger partial charge in [0.1, 0.15) is 11.5 Å². The molecule has 0 saturated heterocycles. The lowest BCUT2D eigenvalue weighted by molar-refractivity contribution is -0.117. The van der Waals surface area contributed by atoms with Gasteiger partial charge in [-0.25, -0.2) is 9.97 Å². The van der Waals surface area contributed by atoms with Crippen molar-refractivity contribution in [1.29, 1.82) is 0 Å². The molecular weight excluding hydrogens is 406 g/mol. The molecule has 1 fully saturated rings. The number of nitrogens with zero attached hydrogens (tertiary/aromatic N) is 3. The van der Waals surface area contributed by atoms with Gasteiger partial charge in [-0.05, 0) is 48.1 Å². The monoisotopic (exact) mass is 431 g/mol. The molecule has 3 aromatic heterocycles. The third kappa shape index (κ3) is 3.84. The van der Waals surface area contributed by atoms with E-state index in [4.69, 9.17) is 4.74 Å². The quantitative estimate of drug-likeness (QED) is 0.644. The van der Waals surface area contributed by atoms with Crippen molar-refractivity contribution in [2.24, 2.45) is 11.8 Å². The largest absolute Gasteiger partial charge is 0.481 e. The number of carbonyl (C=O) groups is 2. The Morgan fingerprint density at radius 3 is 2.78 bits per heavy atom. The summed E-state index contributed by atoms with van der Waals surface area (Å²) in [6.45, 7) is 3.20. The second kappa shape index (κ2) is 8.11. The van der Waals surface area contributed by atoms with E-state index in [-0.39, 0.29) is 23.7 Å². The molecule has 1 saturated carbocycles. The summed E-state index contributed by atoms with van der Waals surface area (Å²) in [6.07, 6.45) is 7.38. The van der Waals surface area contributed by atoms with Crippen molar-refractivity contribution in [3.63, 3.8) is 0 Å². The first-order valence-corrected chi connectivity index (χ1v) is 10.8. The number of aromatic amines is 1. The third-order valence-electron chi connectivity index (χ3n) is 6.08. The number of fused-ring (bicyclic) bond motifs is 1. The van der Waals surface area contributed by atoms with Crippen LogP contribution >= 0.6 is 0 Å². The Balaban J connectivity index is 1.41. The van der Waals surface area contributed by atoms with Crippen LogP contribution in [-0.2, 0) is 4.79 Å². The van der Waals surface area contributed by atoms with Crippen LogP contribution in [0, 0.1) is 11.8 Å². The number of hydrogen-bond acceptors (Lipinski definition) is 5. The molecule has 1 atom stereocenters. The number of H-pyrrole nitrogens is 1. The molecule has 4 heterocycles. The molecule has 8 nitrogen and oxygen atoms in total. The maximum absolute atomic E-state index is 13.0. The molecule has 0 spiro atoms. The first kappa shape index (κ1) is 20.2. The van der Waals surface area contributed by atoms with E-state index in [1.807, 2.05) is 23.2 Å². The predicted octanol–water partition coefficient (Wildman–Crippen LogP) is 3.49. The van der Waals surface area contributed by atoms with E-state index in [0.29, 0.717) is 30.4 Å². The molecule has 1 unspecified atom stereocenters. The van der Waals surface area contributed by atoms with Crippen LogP contribution in [-0.4, -0.2) is 51.9 Å². The first-order chi connectivity index (χ1) is 15.5. The van der Waals surface area contributed by atoms with Gasteiger partial charge < -0.3 is 19.9 Å². The van der Waals surface area contributed by atoms with Gasteiger partial charge in [0.2, 0.25) is 11.8 Å². The number of hydrogen-bond donors (Lipinski definition) is 2. The summed E-state index contributed by atoms with van der Waals surface area (Å²) in [6, 6.07) is 7.37. The molecule has 1 aliphatic heterocycles. The molecule has 8 heteroatoms. The highest BCUT2D eigenvalue weighted by molar-refractivity contribution is 5.98. The highest BCUT2D eigenvalue weighted by Gasteiger charge is 2.30. The smallest absolute Gasteiger partial charge is 0.255 e. The number of carbonyl (C=O) groups excluding carboxylic acids is 2. The van der Waals surface area contributed by atoms with E-state index in [9.17, 15) is 9.59 Å². The van der Waals surface area contributed by atoms with Gasteiger partial charge >= 0.3 is 0 Å². The van der Waals surface area contributed by atoms with Crippen LogP contribution in [0.5, 0.6) is 5.88 Å². The summed E-state index contributed by atoms with van der Waals surface area (Å²) in [7, 11) is 1.55. The van der Waals surface area contributed by atoms with Crippen LogP contribution in [0.3, 0.4) is 0 Å². The van der Waals surface area contributed by atoms with Crippen LogP contribution in [0.4, 0.5) is 5.82 Å². The summed E-state index contributed by atoms with van der Waals surface area (Å²) in [5, 5.41) is 3.97. The van der Waals surface area contributed by atoms with Crippen molar-refractivity contribution in [1.82, 2.24) is 19.9 Å². The van der Waals surface area contributed by atoms with Crippen LogP contribution in [0.25, 0.3) is 16.6 Å². The zero-order valence-electron chi connectivity index (χ0n) is 18.1. The van der Waals surface area contributed by atoms with E-state index < -0.39 is 0 Å². The average molecular weight is 431 g/mol. The van der Waals surface area contributed by atoms with Gasteiger partial charge in [-0.1, -0.05) is 13.0 Å². The van der Waals surface area contributed by atoms with Gasteiger partial charge in [0.25, 0.3) is 5.91 Å². The summed E-state index contributed by atoms with van der Waals surface area (Å²) < 4.78 is 5.07. The molecule has 0 radical (unpaired) electrons. The Morgan fingerprint density at radius 2 is 2.09 bits per heavy atom. The van der Waals surface area contributed by atoms with Gasteiger partial charge in [0, 0.05) is 42.9 Å². The Morgan fingerprint density at radius 1 is 1.25 bits per heavy atom. The van der Waals surface area contributed by atoms with Crippen molar-refractivity contribution < 1.29 is 14.3 Å². The van der Waals surface area contributed by atoms with E-state index in [1.54, 1.807) is 25.4 Å². The molecule has 164 valence electrons. The van der Waals surface area contributed by atoms with Crippen LogP contribution < -0.4 is 10.1 Å². The van der Waals surface area contributed by atoms with Crippen molar-refractivity contribution in [2.45, 2.75) is 19.8 Å². The molecule has 2 amide bonds. The van der Waals surface area contributed by atoms with Crippen molar-refractivity contribution >= 4 is 34.2 Å². The summed E-state index contributed by atoms with van der Waals surface area (Å²) >= 11 is 0. The normalized spacial score (nSPS) is 18.4. The highest BCUT2D eigenvalue weighted by atomic mass is 16.5. The zero-order valence-corrected chi connectivity index (χ0v) is 18.1. The molecule has 0 bridgehead atoms. The fourth-order valence-corrected chi connectivity index (χ4v) is 4.18. The Bertz CT molecular complexity index is 1210. The summed E-state index contributed by atoms with van der Waals surface area (Å²) in [5.41, 5.74) is 3.46. The van der Waals surface area contributed by atoms with Crippen LogP contribution in [0.15, 0.2) is 42.7 Å². The van der Waals surface area contributed by atoms with Gasteiger partial charge in [0.05, 0.1) is 12.7 Å². The van der Waals surface area contributed by atoms with E-state index >= 15 is 0 Å². The Hall–Kier alpha value is -3.68. The minimum Gasteiger partial charge on any atom is -0.481 e. The molecule has 0 aromatic carbocycles. The maximum Gasteiger partial charge on any atom is 0.255 e. The number of ether oxygens (including phenoxy) is 1. The third-order valence-corrected chi connectivity index (χ3v) is 6.08. The minimum absolute atomic E-state index is 0.0323. The van der Waals surface area contributed by atoms with Crippen molar-refractivity contribution in [3.8, 4) is 5.88 Å². The van der Waals surface area contributed by atoms with Gasteiger partial charge in [-0.15, -0.1) is 0 Å². The average Bonchev–Trinajstić information content (AvgIpc) is 3.56. The lowest BCUT2D eigenvalue weighted by Crippen LogP contribution is -2.38. The molecule has 2 N–H and O–H groups in total. The second-order valence-electron chi connectivity index (χ2n) is 8.42. The van der Waals surface area contributed by atoms with Crippen molar-refractivity contribution in [3.05, 3.63) is 53.9 Å². The number of anilines is 1. The standard InChI is InChI=1S/C24H25N5O3/c1-14-13-29(24(31)16-5-6-21(32-2)26-12-16)10-8-17(14)19-11-20(28-23(30)15-3-4-15)27-22-18(19)7-9-25-22/h5-9,11-12,14-15H,3-4,10,13H2,1-2H3,(H2,25,27,28,30). The summed E-state index contributed by atoms with van der Waals surface area (Å²) in [4.78, 5) is 38.9. The number of methoxy groups -OCH3 is 1. The van der Waals surface area contributed by atoms with Gasteiger partial charge in [0.15, 0.2) is 0 Å². The van der Waals surface area contributed by atoms with E-state index in [0.717, 1.165) is 35.0 Å². The lowest BCUT2D eigenvalue weighted by Gasteiger charge is -2.31. The Kier molecular flexibility index (Phi) is 5.13. The molecule has 5 rings (SSSR count). The molecule has 2 aliphatic rings. The second-order valence-corrected chi connectivity index (χ2v) is 8.42. The van der Waals surface area contributed by atoms with Gasteiger partial charge in [-0.3, -0.25) is 9.59 Å². The molecule has 32 heavy (non-hydrogen) atoms.